The van der Waals surface area contributed by atoms with Crippen molar-refractivity contribution in [2.24, 2.45) is 5.92 Å². The number of nitrogens with zero attached hydrogens (tertiary/aromatic N) is 3. The molecule has 0 radical (unpaired) electrons. The van der Waals surface area contributed by atoms with Gasteiger partial charge in [-0.2, -0.15) is 4.98 Å². The second-order valence-electron chi connectivity index (χ2n) is 6.20. The summed E-state index contributed by atoms with van der Waals surface area (Å²) in [5.74, 6) is 1.89. The van der Waals surface area contributed by atoms with Crippen molar-refractivity contribution < 1.29 is 9.32 Å². The number of rotatable bonds is 6. The zero-order valence-electron chi connectivity index (χ0n) is 12.7. The van der Waals surface area contributed by atoms with Crippen LogP contribution in [0.25, 0.3) is 0 Å². The Hall–Kier alpha value is -1.59. The molecule has 0 bridgehead atoms. The lowest BCUT2D eigenvalue weighted by Gasteiger charge is -2.24. The van der Waals surface area contributed by atoms with Gasteiger partial charge in [0.2, 0.25) is 11.8 Å². The van der Waals surface area contributed by atoms with Crippen LogP contribution >= 0.6 is 0 Å². The number of carbonyl (C=O) groups excluding carboxylic acids is 1. The number of anilines is 1. The molecule has 1 unspecified atom stereocenters. The van der Waals surface area contributed by atoms with E-state index in [4.69, 9.17) is 4.52 Å². The Labute approximate surface area is 125 Å². The van der Waals surface area contributed by atoms with Crippen molar-refractivity contribution >= 4 is 11.9 Å². The summed E-state index contributed by atoms with van der Waals surface area (Å²) in [5, 5.41) is 7.12. The maximum atomic E-state index is 12.1. The first-order valence-corrected chi connectivity index (χ1v) is 8.12. The van der Waals surface area contributed by atoms with Crippen molar-refractivity contribution in [1.82, 2.24) is 15.0 Å². The minimum Gasteiger partial charge on any atom is -0.351 e. The first-order chi connectivity index (χ1) is 10.3. The molecule has 1 amide bonds. The van der Waals surface area contributed by atoms with Gasteiger partial charge in [0.15, 0.2) is 0 Å². The van der Waals surface area contributed by atoms with Crippen LogP contribution in [-0.2, 0) is 11.2 Å². The largest absolute Gasteiger partial charge is 0.351 e. The Morgan fingerprint density at radius 3 is 2.95 bits per heavy atom. The highest BCUT2D eigenvalue weighted by atomic mass is 16.5. The van der Waals surface area contributed by atoms with E-state index in [-0.39, 0.29) is 0 Å². The number of aromatic nitrogens is 2. The van der Waals surface area contributed by atoms with Crippen LogP contribution in [0, 0.1) is 5.92 Å². The Balaban J connectivity index is 1.48. The molecule has 2 heterocycles. The van der Waals surface area contributed by atoms with Crippen LogP contribution in [0.4, 0.5) is 5.95 Å². The molecule has 21 heavy (non-hydrogen) atoms. The smallest absolute Gasteiger partial charge is 0.263 e. The summed E-state index contributed by atoms with van der Waals surface area (Å²) in [6.45, 7) is 3.69. The zero-order chi connectivity index (χ0) is 14.7. The van der Waals surface area contributed by atoms with E-state index in [2.05, 4.69) is 27.3 Å². The minimum atomic E-state index is 0.313. The summed E-state index contributed by atoms with van der Waals surface area (Å²) in [5.41, 5.74) is 0. The van der Waals surface area contributed by atoms with Crippen molar-refractivity contribution in [2.45, 2.75) is 57.9 Å². The first kappa shape index (κ1) is 14.4. The van der Waals surface area contributed by atoms with E-state index in [1.54, 1.807) is 0 Å². The van der Waals surface area contributed by atoms with E-state index in [1.807, 2.05) is 0 Å². The number of nitrogens with one attached hydrogen (secondary N) is 1. The van der Waals surface area contributed by atoms with Crippen molar-refractivity contribution in [2.75, 3.05) is 18.4 Å². The van der Waals surface area contributed by atoms with E-state index in [9.17, 15) is 4.79 Å². The standard InChI is InChI=1S/C15H24N4O2/c1-2-5-13-17-15(18-21-13)16-9-11-8-14(20)19(10-11)12-6-3-4-7-12/h11-12H,2-10H2,1H3,(H,16,18). The summed E-state index contributed by atoms with van der Waals surface area (Å²) < 4.78 is 5.14. The van der Waals surface area contributed by atoms with Crippen molar-refractivity contribution in [3.05, 3.63) is 5.89 Å². The predicted molar refractivity (Wildman–Crippen MR) is 78.9 cm³/mol. The highest BCUT2D eigenvalue weighted by Gasteiger charge is 2.35. The molecule has 1 saturated carbocycles. The van der Waals surface area contributed by atoms with Gasteiger partial charge in [-0.15, -0.1) is 0 Å². The highest BCUT2D eigenvalue weighted by molar-refractivity contribution is 5.79. The fraction of sp³-hybridized carbons (Fsp3) is 0.800. The summed E-state index contributed by atoms with van der Waals surface area (Å²) in [6, 6.07) is 0.490. The molecule has 2 fully saturated rings. The fourth-order valence-corrected chi connectivity index (χ4v) is 3.39. The third kappa shape index (κ3) is 3.36. The SMILES string of the molecule is CCCc1nc(NCC2CC(=O)N(C3CCCC3)C2)no1. The fourth-order valence-electron chi connectivity index (χ4n) is 3.39. The number of carbonyl (C=O) groups is 1. The van der Waals surface area contributed by atoms with E-state index in [1.165, 1.54) is 25.7 Å². The molecular weight excluding hydrogens is 268 g/mol. The third-order valence-corrected chi connectivity index (χ3v) is 4.48. The van der Waals surface area contributed by atoms with Gasteiger partial charge >= 0.3 is 0 Å². The number of amides is 1. The Morgan fingerprint density at radius 2 is 2.19 bits per heavy atom. The van der Waals surface area contributed by atoms with Gasteiger partial charge in [0, 0.05) is 37.9 Å². The molecular formula is C15H24N4O2. The molecule has 1 aliphatic carbocycles. The average molecular weight is 292 g/mol. The zero-order valence-corrected chi connectivity index (χ0v) is 12.7. The lowest BCUT2D eigenvalue weighted by Crippen LogP contribution is -2.34. The molecule has 6 nitrogen and oxygen atoms in total. The number of aryl methyl sites for hydroxylation is 1. The van der Waals surface area contributed by atoms with E-state index in [0.717, 1.165) is 25.9 Å². The summed E-state index contributed by atoms with van der Waals surface area (Å²) in [4.78, 5) is 18.5. The maximum Gasteiger partial charge on any atom is 0.263 e. The number of likely N-dealkylation sites (tertiary alicyclic amines) is 1. The van der Waals surface area contributed by atoms with Crippen molar-refractivity contribution in [3.8, 4) is 0 Å². The number of hydrogen-bond donors (Lipinski definition) is 1. The Bertz CT molecular complexity index is 482. The van der Waals surface area contributed by atoms with Gasteiger partial charge in [-0.1, -0.05) is 19.8 Å². The highest BCUT2D eigenvalue weighted by Crippen LogP contribution is 2.29. The van der Waals surface area contributed by atoms with Gasteiger partial charge in [-0.25, -0.2) is 0 Å². The molecule has 116 valence electrons. The van der Waals surface area contributed by atoms with Gasteiger partial charge < -0.3 is 14.7 Å². The normalized spacial score (nSPS) is 23.2. The molecule has 6 heteroatoms. The van der Waals surface area contributed by atoms with Gasteiger partial charge in [-0.3, -0.25) is 4.79 Å². The molecule has 0 aromatic carbocycles. The van der Waals surface area contributed by atoms with Crippen LogP contribution in [0.3, 0.4) is 0 Å². The maximum absolute atomic E-state index is 12.1. The molecule has 2 aliphatic rings. The van der Waals surface area contributed by atoms with E-state index in [0.29, 0.717) is 36.1 Å². The summed E-state index contributed by atoms with van der Waals surface area (Å²) in [7, 11) is 0. The topological polar surface area (TPSA) is 71.3 Å². The molecule has 1 N–H and O–H groups in total. The Morgan fingerprint density at radius 1 is 1.38 bits per heavy atom. The van der Waals surface area contributed by atoms with Crippen LogP contribution in [0.15, 0.2) is 4.52 Å². The minimum absolute atomic E-state index is 0.313. The quantitative estimate of drug-likeness (QED) is 0.870. The Kier molecular flexibility index (Phi) is 4.41. The van der Waals surface area contributed by atoms with Crippen LogP contribution in [0.5, 0.6) is 0 Å². The molecule has 0 spiro atoms. The molecule has 1 aliphatic heterocycles. The van der Waals surface area contributed by atoms with Crippen LogP contribution in [0.2, 0.25) is 0 Å². The second kappa shape index (κ2) is 6.45. The first-order valence-electron chi connectivity index (χ1n) is 8.12. The monoisotopic (exact) mass is 292 g/mol. The summed E-state index contributed by atoms with van der Waals surface area (Å²) in [6.07, 6.45) is 7.33. The molecule has 1 aromatic rings. The molecule has 1 aromatic heterocycles. The molecule has 1 atom stereocenters. The van der Waals surface area contributed by atoms with Crippen LogP contribution < -0.4 is 5.32 Å². The van der Waals surface area contributed by atoms with E-state index >= 15 is 0 Å². The third-order valence-electron chi connectivity index (χ3n) is 4.48. The predicted octanol–water partition coefficient (Wildman–Crippen LogP) is 2.23. The van der Waals surface area contributed by atoms with E-state index < -0.39 is 0 Å². The van der Waals surface area contributed by atoms with Gasteiger partial charge in [0.1, 0.15) is 0 Å². The van der Waals surface area contributed by atoms with Gasteiger partial charge in [0.05, 0.1) is 0 Å². The lowest BCUT2D eigenvalue weighted by molar-refractivity contribution is -0.129. The lowest BCUT2D eigenvalue weighted by atomic mass is 10.1. The molecule has 1 saturated heterocycles. The second-order valence-corrected chi connectivity index (χ2v) is 6.20. The van der Waals surface area contributed by atoms with Gasteiger partial charge in [0.25, 0.3) is 5.95 Å². The van der Waals surface area contributed by atoms with Crippen molar-refractivity contribution in [3.63, 3.8) is 0 Å². The average Bonchev–Trinajstić information content (AvgIpc) is 3.17. The van der Waals surface area contributed by atoms with Gasteiger partial charge in [-0.05, 0) is 24.4 Å². The van der Waals surface area contributed by atoms with Crippen LogP contribution in [0.1, 0.15) is 51.3 Å². The summed E-state index contributed by atoms with van der Waals surface area (Å²) >= 11 is 0. The van der Waals surface area contributed by atoms with Crippen molar-refractivity contribution in [1.29, 1.82) is 0 Å². The molecule has 3 rings (SSSR count). The number of hydrogen-bond acceptors (Lipinski definition) is 5. The van der Waals surface area contributed by atoms with Crippen LogP contribution in [-0.4, -0.2) is 40.1 Å².